The van der Waals surface area contributed by atoms with Crippen molar-refractivity contribution in [3.63, 3.8) is 0 Å². The molecule has 1 aromatic rings. The summed E-state index contributed by atoms with van der Waals surface area (Å²) < 4.78 is 16.0. The Morgan fingerprint density at radius 3 is 2.61 bits per heavy atom. The second-order valence-corrected chi connectivity index (χ2v) is 5.42. The number of carbonyl (C=O) groups is 2. The third-order valence-electron chi connectivity index (χ3n) is 3.41. The fourth-order valence-corrected chi connectivity index (χ4v) is 2.36. The maximum atomic E-state index is 11.2. The highest BCUT2D eigenvalue weighted by molar-refractivity contribution is 5.67. The molecular weight excluding hydrogens is 300 g/mol. The van der Waals surface area contributed by atoms with Gasteiger partial charge in [0.15, 0.2) is 0 Å². The van der Waals surface area contributed by atoms with Crippen LogP contribution in [0.4, 0.5) is 0 Å². The zero-order valence-electron chi connectivity index (χ0n) is 13.3. The van der Waals surface area contributed by atoms with Crippen molar-refractivity contribution in [1.29, 1.82) is 0 Å². The van der Waals surface area contributed by atoms with Gasteiger partial charge in [-0.3, -0.25) is 9.59 Å². The molecule has 1 aliphatic rings. The molecule has 1 N–H and O–H groups in total. The summed E-state index contributed by atoms with van der Waals surface area (Å²) in [7, 11) is 0. The van der Waals surface area contributed by atoms with Crippen LogP contribution < -0.4 is 0 Å². The van der Waals surface area contributed by atoms with E-state index >= 15 is 0 Å². The zero-order valence-corrected chi connectivity index (χ0v) is 13.3. The first kappa shape index (κ1) is 17.0. The maximum absolute atomic E-state index is 11.2. The number of phenols is 1. The number of esters is 2. The van der Waals surface area contributed by atoms with Gasteiger partial charge in [0.1, 0.15) is 30.7 Å². The molecule has 1 aromatic carbocycles. The summed E-state index contributed by atoms with van der Waals surface area (Å²) in [6.07, 6.45) is 1.60. The lowest BCUT2D eigenvalue weighted by Crippen LogP contribution is -2.39. The fourth-order valence-electron chi connectivity index (χ4n) is 2.36. The Morgan fingerprint density at radius 1 is 1.22 bits per heavy atom. The van der Waals surface area contributed by atoms with E-state index in [0.717, 1.165) is 5.56 Å². The molecule has 0 unspecified atom stereocenters. The topological polar surface area (TPSA) is 82.1 Å². The van der Waals surface area contributed by atoms with Crippen molar-refractivity contribution in [2.24, 2.45) is 0 Å². The van der Waals surface area contributed by atoms with Crippen LogP contribution in [0.3, 0.4) is 0 Å². The number of phenolic OH excluding ortho intramolecular Hbond substituents is 1. The summed E-state index contributed by atoms with van der Waals surface area (Å²) >= 11 is 0. The van der Waals surface area contributed by atoms with E-state index in [1.54, 1.807) is 24.3 Å². The molecule has 0 spiro atoms. The minimum Gasteiger partial charge on any atom is -0.508 e. The minimum absolute atomic E-state index is 0.0410. The molecule has 0 aromatic heterocycles. The Bertz CT molecular complexity index is 622. The SMILES string of the molecule is CC(=O)OC[C@H]1O[C@H](c2cc(C)ccc2O)C=C[C@@H]1OC(C)=O. The van der Waals surface area contributed by atoms with Crippen LogP contribution in [0.2, 0.25) is 0 Å². The Kier molecular flexibility index (Phi) is 5.39. The van der Waals surface area contributed by atoms with Crippen LogP contribution in [0.5, 0.6) is 5.75 Å². The molecule has 0 saturated carbocycles. The van der Waals surface area contributed by atoms with Gasteiger partial charge in [0, 0.05) is 19.4 Å². The number of ether oxygens (including phenoxy) is 3. The van der Waals surface area contributed by atoms with E-state index in [-0.39, 0.29) is 12.4 Å². The van der Waals surface area contributed by atoms with Gasteiger partial charge in [-0.2, -0.15) is 0 Å². The Balaban J connectivity index is 2.22. The molecule has 0 saturated heterocycles. The molecule has 124 valence electrons. The molecule has 6 heteroatoms. The monoisotopic (exact) mass is 320 g/mol. The molecule has 0 radical (unpaired) electrons. The first-order valence-corrected chi connectivity index (χ1v) is 7.30. The van der Waals surface area contributed by atoms with Crippen molar-refractivity contribution in [2.75, 3.05) is 6.61 Å². The van der Waals surface area contributed by atoms with Crippen molar-refractivity contribution >= 4 is 11.9 Å². The quantitative estimate of drug-likeness (QED) is 0.676. The average molecular weight is 320 g/mol. The highest BCUT2D eigenvalue weighted by Gasteiger charge is 2.32. The number of aromatic hydroxyl groups is 1. The second kappa shape index (κ2) is 7.28. The van der Waals surface area contributed by atoms with E-state index in [1.807, 2.05) is 13.0 Å². The number of benzene rings is 1. The van der Waals surface area contributed by atoms with Gasteiger partial charge in [-0.25, -0.2) is 0 Å². The first-order chi connectivity index (χ1) is 10.9. The van der Waals surface area contributed by atoms with Gasteiger partial charge in [0.25, 0.3) is 0 Å². The number of hydrogen-bond acceptors (Lipinski definition) is 6. The first-order valence-electron chi connectivity index (χ1n) is 7.30. The van der Waals surface area contributed by atoms with E-state index in [4.69, 9.17) is 14.2 Å². The molecular formula is C17H20O6. The summed E-state index contributed by atoms with van der Waals surface area (Å²) in [5.74, 6) is -0.782. The molecule has 0 amide bonds. The van der Waals surface area contributed by atoms with Crippen molar-refractivity contribution in [2.45, 2.75) is 39.1 Å². The average Bonchev–Trinajstić information content (AvgIpc) is 2.48. The number of hydrogen-bond donors (Lipinski definition) is 1. The number of aryl methyl sites for hydroxylation is 1. The molecule has 1 heterocycles. The van der Waals surface area contributed by atoms with Gasteiger partial charge in [0.2, 0.25) is 0 Å². The normalized spacial score (nSPS) is 23.3. The Morgan fingerprint density at radius 2 is 1.96 bits per heavy atom. The van der Waals surface area contributed by atoms with E-state index in [0.29, 0.717) is 5.56 Å². The van der Waals surface area contributed by atoms with Crippen LogP contribution in [-0.2, 0) is 23.8 Å². The van der Waals surface area contributed by atoms with Gasteiger partial charge in [0.05, 0.1) is 0 Å². The highest BCUT2D eigenvalue weighted by atomic mass is 16.6. The Hall–Kier alpha value is -2.34. The summed E-state index contributed by atoms with van der Waals surface area (Å²) in [6.45, 7) is 4.47. The largest absolute Gasteiger partial charge is 0.508 e. The van der Waals surface area contributed by atoms with E-state index in [2.05, 4.69) is 0 Å². The van der Waals surface area contributed by atoms with Gasteiger partial charge in [-0.1, -0.05) is 17.7 Å². The molecule has 0 fully saturated rings. The van der Waals surface area contributed by atoms with Gasteiger partial charge < -0.3 is 19.3 Å². The predicted octanol–water partition coefficient (Wildman–Crippen LogP) is 2.19. The van der Waals surface area contributed by atoms with E-state index in [1.165, 1.54) is 13.8 Å². The summed E-state index contributed by atoms with van der Waals surface area (Å²) in [4.78, 5) is 22.2. The van der Waals surface area contributed by atoms with Crippen LogP contribution in [-0.4, -0.2) is 35.9 Å². The molecule has 0 bridgehead atoms. The standard InChI is InChI=1S/C17H20O6/c1-10-4-5-14(20)13(8-10)15-6-7-16(22-12(3)19)17(23-15)9-21-11(2)18/h4-8,15-17,20H,9H2,1-3H3/t15-,16-,17+/m0/s1. The van der Waals surface area contributed by atoms with Crippen molar-refractivity contribution in [3.8, 4) is 5.75 Å². The lowest BCUT2D eigenvalue weighted by molar-refractivity contribution is -0.163. The lowest BCUT2D eigenvalue weighted by Gasteiger charge is -2.32. The van der Waals surface area contributed by atoms with E-state index in [9.17, 15) is 14.7 Å². The number of rotatable bonds is 4. The molecule has 23 heavy (non-hydrogen) atoms. The van der Waals surface area contributed by atoms with Gasteiger partial charge in [-0.15, -0.1) is 0 Å². The molecule has 0 aliphatic carbocycles. The molecule has 3 atom stereocenters. The van der Waals surface area contributed by atoms with Crippen LogP contribution in [0.15, 0.2) is 30.4 Å². The van der Waals surface area contributed by atoms with Crippen molar-refractivity contribution < 1.29 is 28.9 Å². The third-order valence-corrected chi connectivity index (χ3v) is 3.41. The van der Waals surface area contributed by atoms with Crippen molar-refractivity contribution in [1.82, 2.24) is 0 Å². The zero-order chi connectivity index (χ0) is 17.0. The number of carbonyl (C=O) groups excluding carboxylic acids is 2. The van der Waals surface area contributed by atoms with Crippen LogP contribution in [0.25, 0.3) is 0 Å². The summed E-state index contributed by atoms with van der Waals surface area (Å²) in [6, 6.07) is 5.21. The molecule has 2 rings (SSSR count). The Labute approximate surface area is 134 Å². The van der Waals surface area contributed by atoms with Gasteiger partial charge in [-0.05, 0) is 25.1 Å². The predicted molar refractivity (Wildman–Crippen MR) is 81.8 cm³/mol. The molecule has 6 nitrogen and oxygen atoms in total. The third kappa shape index (κ3) is 4.56. The lowest BCUT2D eigenvalue weighted by atomic mass is 10.0. The van der Waals surface area contributed by atoms with E-state index < -0.39 is 30.3 Å². The maximum Gasteiger partial charge on any atom is 0.303 e. The minimum atomic E-state index is -0.643. The smallest absolute Gasteiger partial charge is 0.303 e. The molecule has 1 aliphatic heterocycles. The fraction of sp³-hybridized carbons (Fsp3) is 0.412. The van der Waals surface area contributed by atoms with Gasteiger partial charge >= 0.3 is 11.9 Å². The second-order valence-electron chi connectivity index (χ2n) is 5.42. The van der Waals surface area contributed by atoms with Crippen LogP contribution in [0.1, 0.15) is 31.1 Å². The summed E-state index contributed by atoms with van der Waals surface area (Å²) in [5.41, 5.74) is 1.59. The van der Waals surface area contributed by atoms with Crippen LogP contribution >= 0.6 is 0 Å². The highest BCUT2D eigenvalue weighted by Crippen LogP contribution is 2.33. The summed E-state index contributed by atoms with van der Waals surface area (Å²) in [5, 5.41) is 10.0. The van der Waals surface area contributed by atoms with Crippen molar-refractivity contribution in [3.05, 3.63) is 41.5 Å². The van der Waals surface area contributed by atoms with Crippen LogP contribution in [0, 0.1) is 6.92 Å².